The third-order valence-corrected chi connectivity index (χ3v) is 6.06. The van der Waals surface area contributed by atoms with Gasteiger partial charge in [0.2, 0.25) is 17.7 Å². The van der Waals surface area contributed by atoms with Crippen LogP contribution in [0.3, 0.4) is 0 Å². The van der Waals surface area contributed by atoms with Crippen molar-refractivity contribution >= 4 is 29.5 Å². The van der Waals surface area contributed by atoms with Gasteiger partial charge in [-0.3, -0.25) is 14.5 Å². The van der Waals surface area contributed by atoms with Crippen LogP contribution in [0.5, 0.6) is 5.88 Å². The van der Waals surface area contributed by atoms with E-state index in [0.29, 0.717) is 47.2 Å². The Morgan fingerprint density at radius 3 is 2.69 bits per heavy atom. The van der Waals surface area contributed by atoms with Crippen molar-refractivity contribution in [1.82, 2.24) is 19.9 Å². The molecule has 0 spiro atoms. The summed E-state index contributed by atoms with van der Waals surface area (Å²) < 4.78 is 8.61. The third-order valence-electron chi connectivity index (χ3n) is 4.95. The van der Waals surface area contributed by atoms with E-state index in [1.165, 1.54) is 12.8 Å². The van der Waals surface area contributed by atoms with Crippen molar-refractivity contribution in [2.45, 2.75) is 44.3 Å². The van der Waals surface area contributed by atoms with Gasteiger partial charge in [-0.1, -0.05) is 19.1 Å². The normalized spacial score (nSPS) is 13.9. The zero-order valence-corrected chi connectivity index (χ0v) is 18.9. The predicted molar refractivity (Wildman–Crippen MR) is 127 cm³/mol. The second-order valence-corrected chi connectivity index (χ2v) is 8.53. The molecule has 1 unspecified atom stereocenters. The van der Waals surface area contributed by atoms with Crippen LogP contribution < -0.4 is 14.8 Å². The molecule has 0 saturated heterocycles. The highest BCUT2D eigenvalue weighted by Gasteiger charge is 2.24. The van der Waals surface area contributed by atoms with Gasteiger partial charge in [-0.15, -0.1) is 0 Å². The summed E-state index contributed by atoms with van der Waals surface area (Å²) in [5.74, 6) is 0.573. The number of ether oxygens (including phenoxy) is 1. The van der Waals surface area contributed by atoms with Crippen LogP contribution in [0.2, 0.25) is 0 Å². The maximum Gasteiger partial charge on any atom is 0.233 e. The van der Waals surface area contributed by atoms with Crippen molar-refractivity contribution in [3.8, 4) is 17.1 Å². The Hall–Kier alpha value is -3.20. The number of nitrogens with zero attached hydrogens (tertiary/aromatic N) is 4. The molecule has 1 fully saturated rings. The Morgan fingerprint density at radius 1 is 1.16 bits per heavy atom. The standard InChI is InChI=1S/C23H26N6O2S/c1-3-18(19-11-12-25-23(28-19)29-32-17-9-10-17)22(30)26-16-7-5-15(6-8-16)20-13-24-14-21(27-20)31-4-2/h5-8,11-14,17-18H,3-4,9-10H2,1-2H3,(H,26,30)(H,25,28,29). The van der Waals surface area contributed by atoms with Crippen LogP contribution >= 0.6 is 11.9 Å². The van der Waals surface area contributed by atoms with E-state index in [1.54, 1.807) is 36.6 Å². The summed E-state index contributed by atoms with van der Waals surface area (Å²) in [5, 5.41) is 3.64. The molecular formula is C23H26N6O2S. The molecule has 2 aromatic heterocycles. The molecule has 1 aliphatic carbocycles. The second kappa shape index (κ2) is 10.4. The molecule has 4 rings (SSSR count). The highest BCUT2D eigenvalue weighted by Crippen LogP contribution is 2.34. The number of rotatable bonds is 10. The van der Waals surface area contributed by atoms with Gasteiger partial charge in [0, 0.05) is 22.7 Å². The number of benzene rings is 1. The lowest BCUT2D eigenvalue weighted by Gasteiger charge is -2.15. The zero-order valence-electron chi connectivity index (χ0n) is 18.1. The molecule has 2 heterocycles. The number of amides is 1. The predicted octanol–water partition coefficient (Wildman–Crippen LogP) is 4.69. The van der Waals surface area contributed by atoms with Gasteiger partial charge in [-0.2, -0.15) is 0 Å². The Bertz CT molecular complexity index is 1060. The van der Waals surface area contributed by atoms with Gasteiger partial charge in [0.05, 0.1) is 36.3 Å². The van der Waals surface area contributed by atoms with Crippen LogP contribution in [0, 0.1) is 0 Å². The van der Waals surface area contributed by atoms with E-state index in [9.17, 15) is 4.79 Å². The third kappa shape index (κ3) is 5.73. The first-order chi connectivity index (χ1) is 15.7. The van der Waals surface area contributed by atoms with Crippen molar-refractivity contribution in [3.05, 3.63) is 54.6 Å². The van der Waals surface area contributed by atoms with Crippen LogP contribution in [0.15, 0.2) is 48.9 Å². The van der Waals surface area contributed by atoms with E-state index < -0.39 is 0 Å². The van der Waals surface area contributed by atoms with Crippen LogP contribution in [0.4, 0.5) is 11.6 Å². The summed E-state index contributed by atoms with van der Waals surface area (Å²) in [6, 6.07) is 9.31. The summed E-state index contributed by atoms with van der Waals surface area (Å²) in [6.45, 7) is 4.41. The molecule has 1 aromatic carbocycles. The molecule has 0 radical (unpaired) electrons. The Balaban J connectivity index is 1.42. The van der Waals surface area contributed by atoms with Gasteiger partial charge in [-0.05, 0) is 56.3 Å². The molecule has 1 aliphatic rings. The topological polar surface area (TPSA) is 102 Å². The van der Waals surface area contributed by atoms with E-state index >= 15 is 0 Å². The summed E-state index contributed by atoms with van der Waals surface area (Å²) in [7, 11) is 0. The quantitative estimate of drug-likeness (QED) is 0.429. The molecule has 8 nitrogen and oxygen atoms in total. The highest BCUT2D eigenvalue weighted by atomic mass is 32.2. The number of carbonyl (C=O) groups is 1. The van der Waals surface area contributed by atoms with Gasteiger partial charge in [0.1, 0.15) is 0 Å². The first-order valence-corrected chi connectivity index (χ1v) is 11.6. The lowest BCUT2D eigenvalue weighted by molar-refractivity contribution is -0.117. The summed E-state index contributed by atoms with van der Waals surface area (Å²) in [6.07, 6.45) is 8.05. The van der Waals surface area contributed by atoms with Gasteiger partial charge < -0.3 is 10.1 Å². The Labute approximate surface area is 191 Å². The Morgan fingerprint density at radius 2 is 1.97 bits per heavy atom. The summed E-state index contributed by atoms with van der Waals surface area (Å²) in [4.78, 5) is 30.4. The van der Waals surface area contributed by atoms with E-state index in [0.717, 1.165) is 5.56 Å². The lowest BCUT2D eigenvalue weighted by atomic mass is 10.0. The number of nitrogens with one attached hydrogen (secondary N) is 2. The fraction of sp³-hybridized carbons (Fsp3) is 0.348. The molecule has 32 heavy (non-hydrogen) atoms. The minimum atomic E-state index is -0.363. The van der Waals surface area contributed by atoms with Crippen LogP contribution in [-0.4, -0.2) is 37.7 Å². The molecule has 0 bridgehead atoms. The highest BCUT2D eigenvalue weighted by molar-refractivity contribution is 8.01. The minimum Gasteiger partial charge on any atom is -0.477 e. The number of hydrogen-bond donors (Lipinski definition) is 2. The molecule has 166 valence electrons. The average molecular weight is 451 g/mol. The van der Waals surface area contributed by atoms with Crippen molar-refractivity contribution in [3.63, 3.8) is 0 Å². The SMILES string of the molecule is CCOc1cncc(-c2ccc(NC(=O)C(CC)c3ccnc(NSC4CC4)n3)cc2)n1. The lowest BCUT2D eigenvalue weighted by Crippen LogP contribution is -2.21. The van der Waals surface area contributed by atoms with E-state index in [2.05, 4.69) is 30.0 Å². The number of carbonyl (C=O) groups excluding carboxylic acids is 1. The average Bonchev–Trinajstić information content (AvgIpc) is 3.64. The largest absolute Gasteiger partial charge is 0.477 e. The second-order valence-electron chi connectivity index (χ2n) is 7.43. The van der Waals surface area contributed by atoms with E-state index in [4.69, 9.17) is 4.74 Å². The number of anilines is 2. The maximum atomic E-state index is 13.0. The van der Waals surface area contributed by atoms with Gasteiger partial charge in [-0.25, -0.2) is 15.0 Å². The van der Waals surface area contributed by atoms with Crippen molar-refractivity contribution in [2.75, 3.05) is 16.6 Å². The molecule has 1 saturated carbocycles. The Kier molecular flexibility index (Phi) is 7.16. The van der Waals surface area contributed by atoms with Crippen LogP contribution in [0.1, 0.15) is 44.7 Å². The zero-order chi connectivity index (χ0) is 22.3. The van der Waals surface area contributed by atoms with Gasteiger partial charge >= 0.3 is 0 Å². The number of aromatic nitrogens is 4. The smallest absolute Gasteiger partial charge is 0.233 e. The summed E-state index contributed by atoms with van der Waals surface area (Å²) in [5.41, 5.74) is 3.02. The van der Waals surface area contributed by atoms with Gasteiger partial charge in [0.15, 0.2) is 0 Å². The molecule has 2 N–H and O–H groups in total. The monoisotopic (exact) mass is 450 g/mol. The maximum absolute atomic E-state index is 13.0. The first-order valence-electron chi connectivity index (χ1n) is 10.8. The fourth-order valence-electron chi connectivity index (χ4n) is 3.12. The summed E-state index contributed by atoms with van der Waals surface area (Å²) >= 11 is 1.64. The van der Waals surface area contributed by atoms with E-state index in [-0.39, 0.29) is 11.8 Å². The van der Waals surface area contributed by atoms with Crippen molar-refractivity contribution in [1.29, 1.82) is 0 Å². The molecule has 1 atom stereocenters. The van der Waals surface area contributed by atoms with Crippen LogP contribution in [0.25, 0.3) is 11.3 Å². The minimum absolute atomic E-state index is 0.0992. The van der Waals surface area contributed by atoms with Crippen molar-refractivity contribution in [2.24, 2.45) is 0 Å². The first kappa shape index (κ1) is 22.0. The molecule has 0 aliphatic heterocycles. The molecule has 1 amide bonds. The van der Waals surface area contributed by atoms with E-state index in [1.807, 2.05) is 38.1 Å². The molecular weight excluding hydrogens is 424 g/mol. The fourth-order valence-corrected chi connectivity index (χ4v) is 3.87. The molecule has 3 aromatic rings. The number of hydrogen-bond acceptors (Lipinski definition) is 8. The molecule has 9 heteroatoms. The van der Waals surface area contributed by atoms with Gasteiger partial charge in [0.25, 0.3) is 0 Å². The van der Waals surface area contributed by atoms with Crippen LogP contribution in [-0.2, 0) is 4.79 Å². The van der Waals surface area contributed by atoms with Crippen molar-refractivity contribution < 1.29 is 9.53 Å².